The highest BCUT2D eigenvalue weighted by Gasteiger charge is 2.24. The van der Waals surface area contributed by atoms with Gasteiger partial charge in [-0.05, 0) is 66.9 Å². The Balaban J connectivity index is 1.80. The lowest BCUT2D eigenvalue weighted by Crippen LogP contribution is -2.30. The molecular weight excluding hydrogens is 425 g/mol. The van der Waals surface area contributed by atoms with Gasteiger partial charge in [-0.3, -0.25) is 14.7 Å². The number of pyridine rings is 1. The maximum Gasteiger partial charge on any atom is 0.261 e. The third-order valence-corrected chi connectivity index (χ3v) is 6.28. The highest BCUT2D eigenvalue weighted by Crippen LogP contribution is 2.33. The fourth-order valence-corrected chi connectivity index (χ4v) is 4.52. The molecule has 2 heterocycles. The summed E-state index contributed by atoms with van der Waals surface area (Å²) in [4.78, 5) is 24.0. The fourth-order valence-electron chi connectivity index (χ4n) is 2.99. The summed E-state index contributed by atoms with van der Waals surface area (Å²) < 4.78 is 1.04. The normalized spacial score (nSPS) is 11.0. The van der Waals surface area contributed by atoms with Crippen molar-refractivity contribution in [2.45, 2.75) is 20.4 Å². The molecule has 0 fully saturated rings. The number of rotatable bonds is 4. The fraction of sp³-hybridized carbons (Fsp3) is 0.136. The van der Waals surface area contributed by atoms with Crippen molar-refractivity contribution in [3.05, 3.63) is 87.2 Å². The van der Waals surface area contributed by atoms with E-state index in [-0.39, 0.29) is 5.91 Å². The molecule has 4 rings (SSSR count). The van der Waals surface area contributed by atoms with Crippen LogP contribution in [-0.2, 0) is 6.54 Å². The van der Waals surface area contributed by atoms with E-state index in [1.165, 1.54) is 22.5 Å². The number of carbonyl (C=O) groups is 1. The third-order valence-electron chi connectivity index (χ3n) is 4.69. The Bertz CT molecular complexity index is 1170. The molecule has 0 saturated carbocycles. The van der Waals surface area contributed by atoms with Crippen LogP contribution in [0.2, 0.25) is 10.0 Å². The summed E-state index contributed by atoms with van der Waals surface area (Å²) in [6.07, 6.45) is 3.44. The van der Waals surface area contributed by atoms with E-state index in [0.717, 1.165) is 15.8 Å². The van der Waals surface area contributed by atoms with E-state index in [1.807, 2.05) is 18.2 Å². The van der Waals surface area contributed by atoms with E-state index in [9.17, 15) is 4.79 Å². The first-order chi connectivity index (χ1) is 13.9. The molecule has 0 aliphatic carbocycles. The number of hydrogen-bond acceptors (Lipinski definition) is 4. The van der Waals surface area contributed by atoms with Crippen molar-refractivity contribution in [3.63, 3.8) is 0 Å². The molecule has 0 atom stereocenters. The Kier molecular flexibility index (Phi) is 5.54. The number of nitrogens with zero attached hydrogens (tertiary/aromatic N) is 3. The van der Waals surface area contributed by atoms with E-state index >= 15 is 0 Å². The Hall–Kier alpha value is -2.47. The van der Waals surface area contributed by atoms with E-state index in [0.29, 0.717) is 27.3 Å². The SMILES string of the molecule is Cc1cc2nc(N(Cc3cccnc3)C(=O)c3ccc(Cl)cc3Cl)sc2cc1C. The third kappa shape index (κ3) is 4.13. The van der Waals surface area contributed by atoms with E-state index < -0.39 is 0 Å². The van der Waals surface area contributed by atoms with Crippen molar-refractivity contribution in [1.82, 2.24) is 9.97 Å². The number of hydrogen-bond donors (Lipinski definition) is 0. The molecular formula is C22H17Cl2N3OS. The van der Waals surface area contributed by atoms with Gasteiger partial charge in [-0.2, -0.15) is 0 Å². The Morgan fingerprint density at radius 2 is 1.90 bits per heavy atom. The molecule has 7 heteroatoms. The molecule has 0 aliphatic rings. The van der Waals surface area contributed by atoms with Gasteiger partial charge in [-0.15, -0.1) is 0 Å². The largest absolute Gasteiger partial charge is 0.279 e. The predicted molar refractivity (Wildman–Crippen MR) is 120 cm³/mol. The lowest BCUT2D eigenvalue weighted by atomic mass is 10.1. The maximum atomic E-state index is 13.4. The van der Waals surface area contributed by atoms with Crippen LogP contribution in [0.25, 0.3) is 10.2 Å². The number of carbonyl (C=O) groups excluding carboxylic acids is 1. The molecule has 0 unspecified atom stereocenters. The van der Waals surface area contributed by atoms with Crippen molar-refractivity contribution in [2.24, 2.45) is 0 Å². The molecule has 0 bridgehead atoms. The van der Waals surface area contributed by atoms with Crippen LogP contribution in [0.1, 0.15) is 27.0 Å². The Labute approximate surface area is 182 Å². The zero-order valence-electron chi connectivity index (χ0n) is 15.8. The molecule has 1 amide bonds. The molecule has 2 aromatic carbocycles. The van der Waals surface area contributed by atoms with E-state index in [2.05, 4.69) is 24.9 Å². The molecule has 0 N–H and O–H groups in total. The predicted octanol–water partition coefficient (Wildman–Crippen LogP) is 6.46. The minimum Gasteiger partial charge on any atom is -0.279 e. The minimum atomic E-state index is -0.233. The van der Waals surface area contributed by atoms with Crippen LogP contribution in [0.3, 0.4) is 0 Å². The first-order valence-corrected chi connectivity index (χ1v) is 10.5. The van der Waals surface area contributed by atoms with E-state index in [1.54, 1.807) is 35.5 Å². The van der Waals surface area contributed by atoms with Crippen molar-refractivity contribution >= 4 is 55.8 Å². The Morgan fingerprint density at radius 1 is 1.10 bits per heavy atom. The number of benzene rings is 2. The van der Waals surface area contributed by atoms with Crippen LogP contribution < -0.4 is 4.90 Å². The molecule has 4 nitrogen and oxygen atoms in total. The molecule has 2 aromatic heterocycles. The Morgan fingerprint density at radius 3 is 2.62 bits per heavy atom. The van der Waals surface area contributed by atoms with Crippen LogP contribution in [0.15, 0.2) is 54.9 Å². The van der Waals surface area contributed by atoms with Crippen molar-refractivity contribution in [1.29, 1.82) is 0 Å². The van der Waals surface area contributed by atoms with Gasteiger partial charge >= 0.3 is 0 Å². The molecule has 0 spiro atoms. The van der Waals surface area contributed by atoms with Gasteiger partial charge in [0.15, 0.2) is 5.13 Å². The summed E-state index contributed by atoms with van der Waals surface area (Å²) >= 11 is 13.8. The highest BCUT2D eigenvalue weighted by atomic mass is 35.5. The number of aromatic nitrogens is 2. The van der Waals surface area contributed by atoms with Crippen LogP contribution in [0.4, 0.5) is 5.13 Å². The monoisotopic (exact) mass is 441 g/mol. The highest BCUT2D eigenvalue weighted by molar-refractivity contribution is 7.22. The van der Waals surface area contributed by atoms with Gasteiger partial charge in [0.2, 0.25) is 0 Å². The summed E-state index contributed by atoms with van der Waals surface area (Å²) in [6, 6.07) is 12.8. The van der Waals surface area contributed by atoms with Crippen molar-refractivity contribution in [3.8, 4) is 0 Å². The number of fused-ring (bicyclic) bond motifs is 1. The number of thiazole rings is 1. The molecule has 4 aromatic rings. The smallest absolute Gasteiger partial charge is 0.261 e. The van der Waals surface area contributed by atoms with Gasteiger partial charge in [0.1, 0.15) is 0 Å². The standard InChI is InChI=1S/C22H17Cl2N3OS/c1-13-8-19-20(9-14(13)2)29-22(26-19)27(12-15-4-3-7-25-11-15)21(28)17-6-5-16(23)10-18(17)24/h3-11H,12H2,1-2H3. The van der Waals surface area contributed by atoms with Crippen molar-refractivity contribution < 1.29 is 4.79 Å². The summed E-state index contributed by atoms with van der Waals surface area (Å²) in [5.74, 6) is -0.233. The summed E-state index contributed by atoms with van der Waals surface area (Å²) in [6.45, 7) is 4.46. The topological polar surface area (TPSA) is 46.1 Å². The number of halogens is 2. The molecule has 146 valence electrons. The van der Waals surface area contributed by atoms with Gasteiger partial charge in [0, 0.05) is 17.4 Å². The summed E-state index contributed by atoms with van der Waals surface area (Å²) in [5.41, 5.74) is 4.52. The second-order valence-corrected chi connectivity index (χ2v) is 8.63. The summed E-state index contributed by atoms with van der Waals surface area (Å²) in [5, 5.41) is 1.41. The zero-order valence-corrected chi connectivity index (χ0v) is 18.1. The zero-order chi connectivity index (χ0) is 20.5. The van der Waals surface area contributed by atoms with Crippen LogP contribution in [0, 0.1) is 13.8 Å². The quantitative estimate of drug-likeness (QED) is 0.364. The molecule has 0 saturated heterocycles. The van der Waals surface area contributed by atoms with E-state index in [4.69, 9.17) is 28.2 Å². The molecule has 0 aliphatic heterocycles. The average molecular weight is 442 g/mol. The van der Waals surface area contributed by atoms with Gasteiger partial charge in [0.25, 0.3) is 5.91 Å². The number of aryl methyl sites for hydroxylation is 2. The summed E-state index contributed by atoms with van der Waals surface area (Å²) in [7, 11) is 0. The van der Waals surface area contributed by atoms with Gasteiger partial charge in [-0.1, -0.05) is 40.6 Å². The molecule has 0 radical (unpaired) electrons. The molecule has 29 heavy (non-hydrogen) atoms. The first kappa shape index (κ1) is 19.8. The second-order valence-electron chi connectivity index (χ2n) is 6.78. The van der Waals surface area contributed by atoms with Crippen LogP contribution in [0.5, 0.6) is 0 Å². The second kappa shape index (κ2) is 8.11. The number of amides is 1. The maximum absolute atomic E-state index is 13.4. The van der Waals surface area contributed by atoms with Crippen LogP contribution in [-0.4, -0.2) is 15.9 Å². The van der Waals surface area contributed by atoms with Gasteiger partial charge in [0.05, 0.1) is 27.3 Å². The first-order valence-electron chi connectivity index (χ1n) is 8.96. The average Bonchev–Trinajstić information content (AvgIpc) is 3.09. The van der Waals surface area contributed by atoms with Gasteiger partial charge < -0.3 is 0 Å². The lowest BCUT2D eigenvalue weighted by Gasteiger charge is -2.20. The lowest BCUT2D eigenvalue weighted by molar-refractivity contribution is 0.0985. The number of anilines is 1. The minimum absolute atomic E-state index is 0.233. The van der Waals surface area contributed by atoms with Gasteiger partial charge in [-0.25, -0.2) is 4.98 Å². The van der Waals surface area contributed by atoms with Crippen molar-refractivity contribution in [2.75, 3.05) is 4.90 Å². The van der Waals surface area contributed by atoms with Crippen LogP contribution >= 0.6 is 34.5 Å².